The monoisotopic (exact) mass is 214 g/mol. The van der Waals surface area contributed by atoms with E-state index in [4.69, 9.17) is 0 Å². The second-order valence-corrected chi connectivity index (χ2v) is 5.71. The van der Waals surface area contributed by atoms with Gasteiger partial charge in [0.25, 0.3) is 0 Å². The predicted octanol–water partition coefficient (Wildman–Crippen LogP) is 2.68. The van der Waals surface area contributed by atoms with E-state index in [1.165, 1.54) is 17.1 Å². The summed E-state index contributed by atoms with van der Waals surface area (Å²) in [6, 6.07) is 4.30. The highest BCUT2D eigenvalue weighted by molar-refractivity contribution is 8.76. The van der Waals surface area contributed by atoms with E-state index in [0.29, 0.717) is 0 Å². The van der Waals surface area contributed by atoms with Gasteiger partial charge < -0.3 is 0 Å². The van der Waals surface area contributed by atoms with Gasteiger partial charge >= 0.3 is 0 Å². The van der Waals surface area contributed by atoms with E-state index in [-0.39, 0.29) is 0 Å². The van der Waals surface area contributed by atoms with Crippen LogP contribution in [0.25, 0.3) is 0 Å². The Hall–Kier alpha value is -0.150. The quantitative estimate of drug-likeness (QED) is 0.421. The molecule has 0 radical (unpaired) electrons. The van der Waals surface area contributed by atoms with E-state index in [1.54, 1.807) is 0 Å². The fraction of sp³-hybridized carbons (Fsp3) is 0.500. The molecular formula is C10H16NS2+. The van der Waals surface area contributed by atoms with Gasteiger partial charge in [0.1, 0.15) is 0 Å². The molecule has 0 unspecified atom stereocenters. The first-order valence-corrected chi connectivity index (χ1v) is 7.02. The molecule has 0 aliphatic carbocycles. The number of aromatic nitrogens is 1. The van der Waals surface area contributed by atoms with Crippen molar-refractivity contribution in [2.45, 2.75) is 20.4 Å². The molecule has 0 spiro atoms. The fourth-order valence-electron chi connectivity index (χ4n) is 0.966. The summed E-state index contributed by atoms with van der Waals surface area (Å²) in [6.07, 6.45) is 4.29. The van der Waals surface area contributed by atoms with Crippen LogP contribution in [0.5, 0.6) is 0 Å². The third kappa shape index (κ3) is 4.58. The van der Waals surface area contributed by atoms with Crippen molar-refractivity contribution in [3.05, 3.63) is 30.1 Å². The van der Waals surface area contributed by atoms with Crippen LogP contribution in [0, 0.1) is 6.92 Å². The molecule has 0 bridgehead atoms. The van der Waals surface area contributed by atoms with Gasteiger partial charge in [0, 0.05) is 17.9 Å². The van der Waals surface area contributed by atoms with Gasteiger partial charge in [-0.1, -0.05) is 28.5 Å². The van der Waals surface area contributed by atoms with Gasteiger partial charge in [0.05, 0.1) is 5.75 Å². The van der Waals surface area contributed by atoms with Crippen LogP contribution in [0.2, 0.25) is 0 Å². The van der Waals surface area contributed by atoms with Crippen molar-refractivity contribution in [3.63, 3.8) is 0 Å². The largest absolute Gasteiger partial charge is 0.204 e. The third-order valence-electron chi connectivity index (χ3n) is 1.69. The van der Waals surface area contributed by atoms with E-state index in [1.807, 2.05) is 21.6 Å². The zero-order valence-electron chi connectivity index (χ0n) is 8.19. The first-order chi connectivity index (χ1) is 6.33. The van der Waals surface area contributed by atoms with Crippen molar-refractivity contribution in [1.82, 2.24) is 0 Å². The zero-order chi connectivity index (χ0) is 9.52. The van der Waals surface area contributed by atoms with Gasteiger partial charge in [0.2, 0.25) is 0 Å². The van der Waals surface area contributed by atoms with Gasteiger partial charge in [-0.3, -0.25) is 0 Å². The fourth-order valence-corrected chi connectivity index (χ4v) is 2.61. The molecule has 0 saturated carbocycles. The molecule has 1 nitrogen and oxygen atoms in total. The van der Waals surface area contributed by atoms with Gasteiger partial charge in [-0.15, -0.1) is 0 Å². The van der Waals surface area contributed by atoms with Crippen LogP contribution >= 0.6 is 21.6 Å². The molecule has 0 aliphatic heterocycles. The molecule has 0 aliphatic rings. The van der Waals surface area contributed by atoms with E-state index in [9.17, 15) is 0 Å². The number of pyridine rings is 1. The molecule has 0 atom stereocenters. The van der Waals surface area contributed by atoms with Crippen LogP contribution in [-0.2, 0) is 6.54 Å². The summed E-state index contributed by atoms with van der Waals surface area (Å²) < 4.78 is 2.23. The molecule has 1 aromatic rings. The number of nitrogens with zero attached hydrogens (tertiary/aromatic N) is 1. The first kappa shape index (κ1) is 10.9. The Morgan fingerprint density at radius 2 is 1.92 bits per heavy atom. The minimum atomic E-state index is 1.11. The van der Waals surface area contributed by atoms with E-state index in [0.717, 1.165) is 6.54 Å². The maximum atomic E-state index is 2.23. The number of rotatable bonds is 5. The molecule has 0 N–H and O–H groups in total. The van der Waals surface area contributed by atoms with Crippen LogP contribution in [0.4, 0.5) is 0 Å². The van der Waals surface area contributed by atoms with Crippen molar-refractivity contribution >= 4 is 21.6 Å². The molecule has 0 amide bonds. The van der Waals surface area contributed by atoms with Gasteiger partial charge in [-0.05, 0) is 12.5 Å². The lowest BCUT2D eigenvalue weighted by Crippen LogP contribution is -2.33. The molecule has 1 aromatic heterocycles. The predicted molar refractivity (Wildman–Crippen MR) is 62.0 cm³/mol. The lowest BCUT2D eigenvalue weighted by atomic mass is 10.3. The molecule has 0 fully saturated rings. The lowest BCUT2D eigenvalue weighted by Gasteiger charge is -1.96. The Kier molecular flexibility index (Phi) is 5.32. The SMILES string of the molecule is CCSSCC[n+]1ccc(C)cc1. The van der Waals surface area contributed by atoms with E-state index >= 15 is 0 Å². The van der Waals surface area contributed by atoms with Crippen molar-refractivity contribution in [2.24, 2.45) is 0 Å². The molecule has 0 aromatic carbocycles. The minimum absolute atomic E-state index is 1.11. The molecule has 1 rings (SSSR count). The average Bonchev–Trinajstić information content (AvgIpc) is 2.15. The smallest absolute Gasteiger partial charge is 0.169 e. The Morgan fingerprint density at radius 3 is 2.54 bits per heavy atom. The van der Waals surface area contributed by atoms with Crippen molar-refractivity contribution in [2.75, 3.05) is 11.5 Å². The van der Waals surface area contributed by atoms with E-state index in [2.05, 4.69) is 42.9 Å². The minimum Gasteiger partial charge on any atom is -0.204 e. The van der Waals surface area contributed by atoms with Gasteiger partial charge in [-0.2, -0.15) is 0 Å². The van der Waals surface area contributed by atoms with Crippen LogP contribution < -0.4 is 4.57 Å². The Bertz CT molecular complexity index is 233. The highest BCUT2D eigenvalue weighted by Crippen LogP contribution is 2.19. The normalized spacial score (nSPS) is 10.3. The standard InChI is InChI=1S/C10H16NS2/c1-3-12-13-9-8-11-6-4-10(2)5-7-11/h4-7H,3,8-9H2,1-2H3/q+1. The second kappa shape index (κ2) is 6.33. The van der Waals surface area contributed by atoms with Gasteiger partial charge in [-0.25, -0.2) is 4.57 Å². The molecule has 3 heteroatoms. The molecular weight excluding hydrogens is 198 g/mol. The van der Waals surface area contributed by atoms with Crippen LogP contribution in [0.1, 0.15) is 12.5 Å². The first-order valence-electron chi connectivity index (χ1n) is 4.53. The summed E-state index contributed by atoms with van der Waals surface area (Å²) >= 11 is 0. The highest BCUT2D eigenvalue weighted by atomic mass is 33.1. The van der Waals surface area contributed by atoms with Crippen LogP contribution in [-0.4, -0.2) is 11.5 Å². The summed E-state index contributed by atoms with van der Waals surface area (Å²) in [7, 11) is 3.88. The van der Waals surface area contributed by atoms with Crippen molar-refractivity contribution < 1.29 is 4.57 Å². The summed E-state index contributed by atoms with van der Waals surface area (Å²) in [5.41, 5.74) is 1.33. The highest BCUT2D eigenvalue weighted by Gasteiger charge is 1.98. The Labute approximate surface area is 88.3 Å². The topological polar surface area (TPSA) is 3.88 Å². The summed E-state index contributed by atoms with van der Waals surface area (Å²) in [4.78, 5) is 0. The Morgan fingerprint density at radius 1 is 1.23 bits per heavy atom. The summed E-state index contributed by atoms with van der Waals surface area (Å²) in [6.45, 7) is 5.42. The van der Waals surface area contributed by atoms with Crippen LogP contribution in [0.3, 0.4) is 0 Å². The number of hydrogen-bond donors (Lipinski definition) is 0. The summed E-state index contributed by atoms with van der Waals surface area (Å²) in [5.74, 6) is 2.38. The van der Waals surface area contributed by atoms with E-state index < -0.39 is 0 Å². The average molecular weight is 214 g/mol. The third-order valence-corrected chi connectivity index (χ3v) is 4.15. The summed E-state index contributed by atoms with van der Waals surface area (Å²) in [5, 5.41) is 0. The lowest BCUT2D eigenvalue weighted by molar-refractivity contribution is -0.692. The van der Waals surface area contributed by atoms with Crippen LogP contribution in [0.15, 0.2) is 24.5 Å². The molecule has 72 valence electrons. The molecule has 13 heavy (non-hydrogen) atoms. The second-order valence-electron chi connectivity index (χ2n) is 2.84. The number of aryl methyl sites for hydroxylation is 2. The number of hydrogen-bond acceptors (Lipinski definition) is 2. The maximum absolute atomic E-state index is 2.23. The molecule has 1 heterocycles. The van der Waals surface area contributed by atoms with Crippen molar-refractivity contribution in [1.29, 1.82) is 0 Å². The zero-order valence-corrected chi connectivity index (χ0v) is 9.83. The van der Waals surface area contributed by atoms with Crippen molar-refractivity contribution in [3.8, 4) is 0 Å². The maximum Gasteiger partial charge on any atom is 0.169 e. The van der Waals surface area contributed by atoms with Gasteiger partial charge in [0.15, 0.2) is 18.9 Å². The Balaban J connectivity index is 2.25. The molecule has 0 saturated heterocycles.